The minimum atomic E-state index is -0.220. The van der Waals surface area contributed by atoms with Crippen LogP contribution in [0, 0.1) is 5.41 Å². The van der Waals surface area contributed by atoms with Gasteiger partial charge in [0.05, 0.1) is 6.04 Å². The lowest BCUT2D eigenvalue weighted by Gasteiger charge is -2.20. The fourth-order valence-electron chi connectivity index (χ4n) is 0.781. The Hall–Kier alpha value is -0.370. The van der Waals surface area contributed by atoms with Crippen LogP contribution >= 0.6 is 0 Å². The van der Waals surface area contributed by atoms with Crippen LogP contribution in [0.2, 0.25) is 0 Å². The van der Waals surface area contributed by atoms with Crippen molar-refractivity contribution in [2.75, 3.05) is 7.05 Å². The molecule has 0 aromatic heterocycles. The summed E-state index contributed by atoms with van der Waals surface area (Å²) < 4.78 is 0. The van der Waals surface area contributed by atoms with E-state index in [0.29, 0.717) is 0 Å². The fourth-order valence-corrected chi connectivity index (χ4v) is 0.781. The molecule has 0 aliphatic heterocycles. The maximum absolute atomic E-state index is 11.3. The van der Waals surface area contributed by atoms with Gasteiger partial charge in [0.15, 0.2) is 5.78 Å². The first kappa shape index (κ1) is 9.63. The van der Waals surface area contributed by atoms with Crippen molar-refractivity contribution in [2.45, 2.75) is 33.7 Å². The van der Waals surface area contributed by atoms with E-state index in [2.05, 4.69) is 5.32 Å². The SMILES string of the molecule is CN[C@@H](C)C(=O)C(C)(C)C. The van der Waals surface area contributed by atoms with Gasteiger partial charge in [-0.2, -0.15) is 0 Å². The van der Waals surface area contributed by atoms with E-state index in [-0.39, 0.29) is 17.2 Å². The minimum Gasteiger partial charge on any atom is -0.311 e. The third-order valence-electron chi connectivity index (χ3n) is 1.57. The summed E-state index contributed by atoms with van der Waals surface area (Å²) >= 11 is 0. The maximum atomic E-state index is 11.3. The molecule has 2 nitrogen and oxygen atoms in total. The van der Waals surface area contributed by atoms with Crippen molar-refractivity contribution in [3.63, 3.8) is 0 Å². The van der Waals surface area contributed by atoms with Gasteiger partial charge in [0.2, 0.25) is 0 Å². The lowest BCUT2D eigenvalue weighted by Crippen LogP contribution is -2.38. The number of hydrogen-bond acceptors (Lipinski definition) is 2. The third kappa shape index (κ3) is 2.48. The molecule has 0 amide bonds. The quantitative estimate of drug-likeness (QED) is 0.629. The van der Waals surface area contributed by atoms with Gasteiger partial charge in [0.1, 0.15) is 0 Å². The van der Waals surface area contributed by atoms with Gasteiger partial charge in [-0.15, -0.1) is 0 Å². The van der Waals surface area contributed by atoms with E-state index in [1.807, 2.05) is 27.7 Å². The van der Waals surface area contributed by atoms with E-state index in [4.69, 9.17) is 0 Å². The number of nitrogens with one attached hydrogen (secondary N) is 1. The molecule has 0 radical (unpaired) electrons. The summed E-state index contributed by atoms with van der Waals surface area (Å²) in [6.45, 7) is 7.68. The Morgan fingerprint density at radius 1 is 1.40 bits per heavy atom. The summed E-state index contributed by atoms with van der Waals surface area (Å²) in [7, 11) is 1.80. The van der Waals surface area contributed by atoms with Crippen LogP contribution < -0.4 is 5.32 Å². The molecule has 10 heavy (non-hydrogen) atoms. The second-order valence-corrected chi connectivity index (χ2v) is 3.62. The number of ketones is 1. The van der Waals surface area contributed by atoms with Gasteiger partial charge in [-0.1, -0.05) is 20.8 Å². The van der Waals surface area contributed by atoms with E-state index in [1.54, 1.807) is 7.05 Å². The summed E-state index contributed by atoms with van der Waals surface area (Å²) in [5, 5.41) is 2.92. The van der Waals surface area contributed by atoms with E-state index in [9.17, 15) is 4.79 Å². The molecular formula is C8H17NO. The zero-order valence-corrected chi connectivity index (χ0v) is 7.49. The van der Waals surface area contributed by atoms with Crippen LogP contribution in [0.4, 0.5) is 0 Å². The standard InChI is InChI=1S/C8H17NO/c1-6(9-5)7(10)8(2,3)4/h6,9H,1-5H3/t6-/m0/s1. The monoisotopic (exact) mass is 143 g/mol. The summed E-state index contributed by atoms with van der Waals surface area (Å²) in [6, 6.07) is -0.0278. The average Bonchev–Trinajstić information content (AvgIpc) is 1.83. The molecule has 0 fully saturated rings. The second kappa shape index (κ2) is 3.15. The Labute approximate surface area is 63.0 Å². The number of hydrogen-bond donors (Lipinski definition) is 1. The van der Waals surface area contributed by atoms with Crippen LogP contribution in [0.3, 0.4) is 0 Å². The molecule has 1 N–H and O–H groups in total. The molecule has 1 atom stereocenters. The molecule has 0 aromatic rings. The van der Waals surface area contributed by atoms with Crippen LogP contribution in [-0.4, -0.2) is 18.9 Å². The predicted octanol–water partition coefficient (Wildman–Crippen LogP) is 1.21. The Morgan fingerprint density at radius 3 is 1.90 bits per heavy atom. The van der Waals surface area contributed by atoms with Crippen LogP contribution in [0.15, 0.2) is 0 Å². The minimum absolute atomic E-state index is 0.0278. The molecule has 0 aliphatic rings. The fraction of sp³-hybridized carbons (Fsp3) is 0.875. The molecule has 0 saturated heterocycles. The summed E-state index contributed by atoms with van der Waals surface area (Å²) in [4.78, 5) is 11.3. The summed E-state index contributed by atoms with van der Waals surface area (Å²) in [5.74, 6) is 0.259. The zero-order chi connectivity index (χ0) is 8.36. The third-order valence-corrected chi connectivity index (χ3v) is 1.57. The van der Waals surface area contributed by atoms with Gasteiger partial charge in [0.25, 0.3) is 0 Å². The van der Waals surface area contributed by atoms with Gasteiger partial charge in [-0.3, -0.25) is 4.79 Å². The van der Waals surface area contributed by atoms with E-state index in [0.717, 1.165) is 0 Å². The molecule has 0 heterocycles. The van der Waals surface area contributed by atoms with Crippen molar-refractivity contribution < 1.29 is 4.79 Å². The van der Waals surface area contributed by atoms with Crippen molar-refractivity contribution in [2.24, 2.45) is 5.41 Å². The number of Topliss-reactive ketones (excluding diaryl/α,β-unsaturated/α-hetero) is 1. The van der Waals surface area contributed by atoms with Gasteiger partial charge in [-0.25, -0.2) is 0 Å². The maximum Gasteiger partial charge on any atom is 0.154 e. The Bertz CT molecular complexity index is 124. The molecule has 0 saturated carbocycles. The van der Waals surface area contributed by atoms with Crippen molar-refractivity contribution in [1.82, 2.24) is 5.32 Å². The number of rotatable bonds is 2. The molecule has 0 rings (SSSR count). The highest BCUT2D eigenvalue weighted by Crippen LogP contribution is 2.16. The molecule has 0 aliphatic carbocycles. The van der Waals surface area contributed by atoms with Crippen LogP contribution in [0.1, 0.15) is 27.7 Å². The van der Waals surface area contributed by atoms with Gasteiger partial charge < -0.3 is 5.32 Å². The van der Waals surface area contributed by atoms with Crippen molar-refractivity contribution in [3.05, 3.63) is 0 Å². The van der Waals surface area contributed by atoms with Gasteiger partial charge in [-0.05, 0) is 14.0 Å². The smallest absolute Gasteiger partial charge is 0.154 e. The Balaban J connectivity index is 4.09. The number of carbonyl (C=O) groups is 1. The number of carbonyl (C=O) groups excluding carboxylic acids is 1. The van der Waals surface area contributed by atoms with E-state index in [1.165, 1.54) is 0 Å². The Kier molecular flexibility index (Phi) is 3.03. The van der Waals surface area contributed by atoms with Crippen molar-refractivity contribution in [1.29, 1.82) is 0 Å². The molecule has 0 aromatic carbocycles. The van der Waals surface area contributed by atoms with Gasteiger partial charge >= 0.3 is 0 Å². The van der Waals surface area contributed by atoms with Crippen molar-refractivity contribution >= 4 is 5.78 Å². The second-order valence-electron chi connectivity index (χ2n) is 3.62. The van der Waals surface area contributed by atoms with Gasteiger partial charge in [0, 0.05) is 5.41 Å². The van der Waals surface area contributed by atoms with Crippen molar-refractivity contribution in [3.8, 4) is 0 Å². The predicted molar refractivity (Wildman–Crippen MR) is 43.0 cm³/mol. The molecule has 0 bridgehead atoms. The lowest BCUT2D eigenvalue weighted by molar-refractivity contribution is -0.127. The lowest BCUT2D eigenvalue weighted by atomic mass is 9.87. The van der Waals surface area contributed by atoms with E-state index < -0.39 is 0 Å². The summed E-state index contributed by atoms with van der Waals surface area (Å²) in [6.07, 6.45) is 0. The van der Waals surface area contributed by atoms with E-state index >= 15 is 0 Å². The molecule has 60 valence electrons. The highest BCUT2D eigenvalue weighted by molar-refractivity contribution is 5.88. The molecule has 0 unspecified atom stereocenters. The molecule has 2 heteroatoms. The van der Waals surface area contributed by atoms with Crippen LogP contribution in [0.25, 0.3) is 0 Å². The average molecular weight is 143 g/mol. The highest BCUT2D eigenvalue weighted by atomic mass is 16.1. The largest absolute Gasteiger partial charge is 0.311 e. The summed E-state index contributed by atoms with van der Waals surface area (Å²) in [5.41, 5.74) is -0.220. The first-order valence-electron chi connectivity index (χ1n) is 3.61. The Morgan fingerprint density at radius 2 is 1.80 bits per heavy atom. The van der Waals surface area contributed by atoms with Crippen LogP contribution in [-0.2, 0) is 4.79 Å². The normalized spacial score (nSPS) is 14.9. The first-order valence-corrected chi connectivity index (χ1v) is 3.61. The highest BCUT2D eigenvalue weighted by Gasteiger charge is 2.25. The first-order chi connectivity index (χ1) is 4.39. The topological polar surface area (TPSA) is 29.1 Å². The van der Waals surface area contributed by atoms with Crippen LogP contribution in [0.5, 0.6) is 0 Å². The molecular weight excluding hydrogens is 126 g/mol. The zero-order valence-electron chi connectivity index (χ0n) is 7.49. The number of likely N-dealkylation sites (N-methyl/N-ethyl adjacent to an activating group) is 1. The molecule has 0 spiro atoms.